The summed E-state index contributed by atoms with van der Waals surface area (Å²) in [5, 5.41) is 20.1. The van der Waals surface area contributed by atoms with Crippen LogP contribution in [0.1, 0.15) is 16.8 Å². The molecule has 0 bridgehead atoms. The van der Waals surface area contributed by atoms with Crippen molar-refractivity contribution in [3.63, 3.8) is 0 Å². The first-order valence-corrected chi connectivity index (χ1v) is 6.08. The fourth-order valence-corrected chi connectivity index (χ4v) is 1.47. The molecule has 0 heterocycles. The third kappa shape index (κ3) is 4.74. The number of carbonyl (C=O) groups excluding carboxylic acids is 1. The van der Waals surface area contributed by atoms with Gasteiger partial charge in [0, 0.05) is 13.0 Å². The first-order valence-electron chi connectivity index (χ1n) is 6.08. The normalized spacial score (nSPS) is 11.4. The van der Waals surface area contributed by atoms with E-state index in [0.29, 0.717) is 11.3 Å². The average molecular weight is 279 g/mol. The number of aliphatic hydroxyl groups is 1. The molecule has 0 aromatic heterocycles. The van der Waals surface area contributed by atoms with E-state index >= 15 is 0 Å². The monoisotopic (exact) mass is 279 g/mol. The van der Waals surface area contributed by atoms with E-state index in [0.717, 1.165) is 0 Å². The van der Waals surface area contributed by atoms with E-state index in [4.69, 9.17) is 14.9 Å². The molecule has 0 saturated carbocycles. The van der Waals surface area contributed by atoms with Gasteiger partial charge in [0.1, 0.15) is 12.4 Å². The lowest BCUT2D eigenvalue weighted by molar-refractivity contribution is -0.146. The zero-order chi connectivity index (χ0) is 15.0. The molecule has 0 saturated heterocycles. The van der Waals surface area contributed by atoms with Gasteiger partial charge in [-0.3, -0.25) is 4.79 Å². The highest BCUT2D eigenvalue weighted by Gasteiger charge is 2.15. The fraction of sp³-hybridized carbons (Fsp3) is 0.286. The van der Waals surface area contributed by atoms with Gasteiger partial charge in [-0.25, -0.2) is 4.79 Å². The van der Waals surface area contributed by atoms with E-state index in [1.807, 2.05) is 0 Å². The molecule has 1 atom stereocenters. The van der Waals surface area contributed by atoms with Crippen LogP contribution in [0.2, 0.25) is 0 Å². The maximum Gasteiger partial charge on any atom is 0.332 e. The van der Waals surface area contributed by atoms with Crippen LogP contribution < -0.4 is 10.1 Å². The summed E-state index contributed by atoms with van der Waals surface area (Å²) in [6, 6.07) is 6.69. The van der Waals surface area contributed by atoms with E-state index < -0.39 is 12.1 Å². The minimum absolute atomic E-state index is 0.0576. The van der Waals surface area contributed by atoms with Crippen LogP contribution in [0.5, 0.6) is 5.75 Å². The van der Waals surface area contributed by atoms with Gasteiger partial charge in [0.05, 0.1) is 5.56 Å². The number of para-hydroxylation sites is 1. The van der Waals surface area contributed by atoms with Crippen LogP contribution in [0, 0.1) is 0 Å². The molecule has 0 aliphatic heterocycles. The summed E-state index contributed by atoms with van der Waals surface area (Å²) in [5.74, 6) is -1.28. The molecule has 0 aliphatic rings. The Balaban J connectivity index is 2.58. The molecule has 3 N–H and O–H groups in total. The zero-order valence-electron chi connectivity index (χ0n) is 10.9. The standard InChI is InChI=1S/C14H17NO5/c1-2-9-20-12-6-4-3-5-10(12)13(17)15-8-7-11(16)14(18)19/h2-6,11,16H,1,7-9H2,(H,15,17)(H,18,19)/t11-/m0/s1. The van der Waals surface area contributed by atoms with Crippen molar-refractivity contribution >= 4 is 11.9 Å². The van der Waals surface area contributed by atoms with Crippen LogP contribution >= 0.6 is 0 Å². The highest BCUT2D eigenvalue weighted by Crippen LogP contribution is 2.17. The maximum absolute atomic E-state index is 11.9. The van der Waals surface area contributed by atoms with Crippen molar-refractivity contribution in [1.82, 2.24) is 5.32 Å². The molecule has 1 rings (SSSR count). The second kappa shape index (κ2) is 7.96. The summed E-state index contributed by atoms with van der Waals surface area (Å²) in [5.41, 5.74) is 0.346. The average Bonchev–Trinajstić information content (AvgIpc) is 2.45. The number of hydrogen-bond donors (Lipinski definition) is 3. The van der Waals surface area contributed by atoms with E-state index in [2.05, 4.69) is 11.9 Å². The van der Waals surface area contributed by atoms with Crippen molar-refractivity contribution in [2.24, 2.45) is 0 Å². The summed E-state index contributed by atoms with van der Waals surface area (Å²) < 4.78 is 5.35. The third-order valence-electron chi connectivity index (χ3n) is 2.48. The first kappa shape index (κ1) is 15.7. The maximum atomic E-state index is 11.9. The summed E-state index contributed by atoms with van der Waals surface area (Å²) in [6.07, 6.45) is 0.0248. The lowest BCUT2D eigenvalue weighted by Crippen LogP contribution is -2.30. The molecule has 1 amide bonds. The first-order chi connectivity index (χ1) is 9.56. The lowest BCUT2D eigenvalue weighted by atomic mass is 10.2. The van der Waals surface area contributed by atoms with Gasteiger partial charge in [0.2, 0.25) is 0 Å². The molecular weight excluding hydrogens is 262 g/mol. The molecule has 0 spiro atoms. The molecular formula is C14H17NO5. The van der Waals surface area contributed by atoms with E-state index in [9.17, 15) is 9.59 Å². The Bertz CT molecular complexity index is 486. The minimum Gasteiger partial charge on any atom is -0.489 e. The molecule has 108 valence electrons. The van der Waals surface area contributed by atoms with Crippen molar-refractivity contribution < 1.29 is 24.5 Å². The number of ether oxygens (including phenoxy) is 1. The summed E-state index contributed by atoms with van der Waals surface area (Å²) >= 11 is 0. The number of carbonyl (C=O) groups is 2. The SMILES string of the molecule is C=CCOc1ccccc1C(=O)NCC[C@H](O)C(=O)O. The Kier molecular flexibility index (Phi) is 6.25. The smallest absolute Gasteiger partial charge is 0.332 e. The summed E-state index contributed by atoms with van der Waals surface area (Å²) in [7, 11) is 0. The largest absolute Gasteiger partial charge is 0.489 e. The molecule has 0 unspecified atom stereocenters. The summed E-state index contributed by atoms with van der Waals surface area (Å²) in [4.78, 5) is 22.4. The topological polar surface area (TPSA) is 95.9 Å². The molecule has 1 aromatic rings. The van der Waals surface area contributed by atoms with Crippen LogP contribution in [0.4, 0.5) is 0 Å². The Morgan fingerprint density at radius 2 is 2.10 bits per heavy atom. The molecule has 6 nitrogen and oxygen atoms in total. The number of aliphatic carboxylic acids is 1. The van der Waals surface area contributed by atoms with E-state index in [1.54, 1.807) is 30.3 Å². The lowest BCUT2D eigenvalue weighted by Gasteiger charge is -2.11. The van der Waals surface area contributed by atoms with Gasteiger partial charge >= 0.3 is 5.97 Å². The van der Waals surface area contributed by atoms with E-state index in [1.165, 1.54) is 0 Å². The highest BCUT2D eigenvalue weighted by molar-refractivity contribution is 5.96. The highest BCUT2D eigenvalue weighted by atomic mass is 16.5. The zero-order valence-corrected chi connectivity index (χ0v) is 10.9. The predicted molar refractivity (Wildman–Crippen MR) is 72.7 cm³/mol. The van der Waals surface area contributed by atoms with Gasteiger partial charge in [-0.1, -0.05) is 24.8 Å². The quantitative estimate of drug-likeness (QED) is 0.612. The third-order valence-corrected chi connectivity index (χ3v) is 2.48. The molecule has 0 fully saturated rings. The molecule has 0 radical (unpaired) electrons. The van der Waals surface area contributed by atoms with Gasteiger partial charge in [-0.2, -0.15) is 0 Å². The van der Waals surface area contributed by atoms with Gasteiger partial charge in [-0.15, -0.1) is 0 Å². The number of amides is 1. The van der Waals surface area contributed by atoms with Crippen LogP contribution in [0.3, 0.4) is 0 Å². The van der Waals surface area contributed by atoms with Gasteiger partial charge < -0.3 is 20.3 Å². The van der Waals surface area contributed by atoms with Crippen LogP contribution in [0.25, 0.3) is 0 Å². The second-order valence-corrected chi connectivity index (χ2v) is 3.99. The Morgan fingerprint density at radius 1 is 1.40 bits per heavy atom. The molecule has 6 heteroatoms. The van der Waals surface area contributed by atoms with Crippen molar-refractivity contribution in [3.8, 4) is 5.75 Å². The number of benzene rings is 1. The summed E-state index contributed by atoms with van der Waals surface area (Å²) in [6.45, 7) is 3.86. The predicted octanol–water partition coefficient (Wildman–Crippen LogP) is 0.817. The van der Waals surface area contributed by atoms with Crippen molar-refractivity contribution in [2.45, 2.75) is 12.5 Å². The van der Waals surface area contributed by atoms with Crippen molar-refractivity contribution in [2.75, 3.05) is 13.2 Å². The molecule has 20 heavy (non-hydrogen) atoms. The van der Waals surface area contributed by atoms with Gasteiger partial charge in [-0.05, 0) is 12.1 Å². The number of aliphatic hydroxyl groups excluding tert-OH is 1. The number of carboxylic acid groups (broad SMARTS) is 1. The Labute approximate surface area is 116 Å². The van der Waals surface area contributed by atoms with Crippen LogP contribution in [-0.2, 0) is 4.79 Å². The van der Waals surface area contributed by atoms with Gasteiger partial charge in [0.15, 0.2) is 6.10 Å². The molecule has 0 aliphatic carbocycles. The van der Waals surface area contributed by atoms with Crippen LogP contribution in [-0.4, -0.2) is 41.3 Å². The number of carboxylic acids is 1. The Morgan fingerprint density at radius 3 is 2.75 bits per heavy atom. The number of rotatable bonds is 8. The molecule has 1 aromatic carbocycles. The van der Waals surface area contributed by atoms with Crippen LogP contribution in [0.15, 0.2) is 36.9 Å². The van der Waals surface area contributed by atoms with Crippen molar-refractivity contribution in [1.29, 1.82) is 0 Å². The second-order valence-electron chi connectivity index (χ2n) is 3.99. The van der Waals surface area contributed by atoms with Crippen molar-refractivity contribution in [3.05, 3.63) is 42.5 Å². The van der Waals surface area contributed by atoms with Gasteiger partial charge in [0.25, 0.3) is 5.91 Å². The Hall–Kier alpha value is -2.34. The minimum atomic E-state index is -1.48. The number of nitrogens with one attached hydrogen (secondary N) is 1. The number of hydrogen-bond acceptors (Lipinski definition) is 4. The van der Waals surface area contributed by atoms with E-state index in [-0.39, 0.29) is 25.5 Å². The fourth-order valence-electron chi connectivity index (χ4n) is 1.47.